The second-order valence-corrected chi connectivity index (χ2v) is 4.85. The van der Waals surface area contributed by atoms with Gasteiger partial charge in [-0.15, -0.1) is 11.3 Å². The van der Waals surface area contributed by atoms with Gasteiger partial charge in [0.25, 0.3) is 5.91 Å². The molecule has 0 aliphatic carbocycles. The van der Waals surface area contributed by atoms with Crippen LogP contribution < -0.4 is 5.32 Å². The second kappa shape index (κ2) is 4.74. The number of anilines is 1. The number of aromatic nitrogens is 2. The van der Waals surface area contributed by atoms with E-state index in [1.807, 2.05) is 0 Å². The van der Waals surface area contributed by atoms with Crippen molar-refractivity contribution in [3.63, 3.8) is 0 Å². The first kappa shape index (κ1) is 11.7. The van der Waals surface area contributed by atoms with Gasteiger partial charge in [-0.05, 0) is 30.3 Å². The highest BCUT2D eigenvalue weighted by Crippen LogP contribution is 2.23. The molecule has 0 aliphatic rings. The first-order chi connectivity index (χ1) is 9.22. The maximum atomic E-state index is 13.1. The zero-order valence-corrected chi connectivity index (χ0v) is 10.4. The predicted molar refractivity (Wildman–Crippen MR) is 71.8 cm³/mol. The standard InChI is InChI=1S/C13H8FN3OS/c14-8-1-2-10-11(7-8)19-13(17-10)12(18)16-9-3-5-15-6-4-9/h1-7H,(H,15,16,18). The van der Waals surface area contributed by atoms with Gasteiger partial charge in [-0.3, -0.25) is 9.78 Å². The summed E-state index contributed by atoms with van der Waals surface area (Å²) in [4.78, 5) is 20.0. The average Bonchev–Trinajstić information content (AvgIpc) is 2.83. The molecule has 0 saturated heterocycles. The Balaban J connectivity index is 1.89. The van der Waals surface area contributed by atoms with Gasteiger partial charge in [0.15, 0.2) is 5.01 Å². The summed E-state index contributed by atoms with van der Waals surface area (Å²) >= 11 is 1.16. The number of fused-ring (bicyclic) bond motifs is 1. The Morgan fingerprint density at radius 3 is 2.79 bits per heavy atom. The lowest BCUT2D eigenvalue weighted by molar-refractivity contribution is 0.102. The van der Waals surface area contributed by atoms with Gasteiger partial charge in [-0.1, -0.05) is 0 Å². The fraction of sp³-hybridized carbons (Fsp3) is 0. The molecule has 1 aromatic carbocycles. The van der Waals surface area contributed by atoms with Gasteiger partial charge in [-0.2, -0.15) is 0 Å². The van der Waals surface area contributed by atoms with Crippen LogP contribution in [0.25, 0.3) is 10.2 Å². The van der Waals surface area contributed by atoms with Crippen molar-refractivity contribution in [1.82, 2.24) is 9.97 Å². The minimum absolute atomic E-state index is 0.303. The van der Waals surface area contributed by atoms with Crippen LogP contribution in [0, 0.1) is 5.82 Å². The molecule has 0 spiro atoms. The highest BCUT2D eigenvalue weighted by Gasteiger charge is 2.12. The molecule has 19 heavy (non-hydrogen) atoms. The molecule has 0 aliphatic heterocycles. The number of rotatable bonds is 2. The number of carbonyl (C=O) groups excluding carboxylic acids is 1. The lowest BCUT2D eigenvalue weighted by Gasteiger charge is -2.00. The monoisotopic (exact) mass is 273 g/mol. The number of nitrogens with one attached hydrogen (secondary N) is 1. The molecule has 0 unspecified atom stereocenters. The zero-order valence-electron chi connectivity index (χ0n) is 9.63. The minimum atomic E-state index is -0.336. The van der Waals surface area contributed by atoms with E-state index in [1.165, 1.54) is 12.1 Å². The van der Waals surface area contributed by atoms with Crippen molar-refractivity contribution in [1.29, 1.82) is 0 Å². The van der Waals surface area contributed by atoms with Crippen molar-refractivity contribution in [3.8, 4) is 0 Å². The van der Waals surface area contributed by atoms with Crippen molar-refractivity contribution >= 4 is 33.1 Å². The van der Waals surface area contributed by atoms with E-state index in [2.05, 4.69) is 15.3 Å². The lowest BCUT2D eigenvalue weighted by atomic mass is 10.3. The Hall–Kier alpha value is -2.34. The quantitative estimate of drug-likeness (QED) is 0.780. The number of pyridine rings is 1. The third kappa shape index (κ3) is 2.43. The van der Waals surface area contributed by atoms with Gasteiger partial charge in [-0.25, -0.2) is 9.37 Å². The Kier molecular flexibility index (Phi) is 2.92. The molecule has 4 nitrogen and oxygen atoms in total. The summed E-state index contributed by atoms with van der Waals surface area (Å²) in [5, 5.41) is 3.01. The maximum absolute atomic E-state index is 13.1. The Bertz CT molecular complexity index is 742. The molecule has 0 saturated carbocycles. The summed E-state index contributed by atoms with van der Waals surface area (Å²) in [7, 11) is 0. The molecule has 2 aromatic heterocycles. The van der Waals surface area contributed by atoms with Crippen LogP contribution in [-0.4, -0.2) is 15.9 Å². The van der Waals surface area contributed by atoms with Crippen LogP contribution in [0.2, 0.25) is 0 Å². The topological polar surface area (TPSA) is 54.9 Å². The van der Waals surface area contributed by atoms with Crippen LogP contribution in [0.1, 0.15) is 9.80 Å². The molecule has 0 fully saturated rings. The van der Waals surface area contributed by atoms with Crippen molar-refractivity contribution in [2.45, 2.75) is 0 Å². The number of benzene rings is 1. The number of hydrogen-bond donors (Lipinski definition) is 1. The third-order valence-corrected chi connectivity index (χ3v) is 3.50. The largest absolute Gasteiger partial charge is 0.320 e. The fourth-order valence-corrected chi connectivity index (χ4v) is 2.50. The molecule has 94 valence electrons. The molecule has 2 heterocycles. The Morgan fingerprint density at radius 2 is 2.00 bits per heavy atom. The van der Waals surface area contributed by atoms with Crippen LogP contribution in [0.5, 0.6) is 0 Å². The first-order valence-corrected chi connectivity index (χ1v) is 6.31. The molecule has 1 amide bonds. The molecule has 0 bridgehead atoms. The van der Waals surface area contributed by atoms with E-state index >= 15 is 0 Å². The predicted octanol–water partition coefficient (Wildman–Crippen LogP) is 3.08. The van der Waals surface area contributed by atoms with E-state index in [4.69, 9.17) is 0 Å². The highest BCUT2D eigenvalue weighted by molar-refractivity contribution is 7.20. The number of hydrogen-bond acceptors (Lipinski definition) is 4. The molecular formula is C13H8FN3OS. The van der Waals surface area contributed by atoms with E-state index in [1.54, 1.807) is 30.6 Å². The van der Waals surface area contributed by atoms with Gasteiger partial charge < -0.3 is 5.32 Å². The smallest absolute Gasteiger partial charge is 0.284 e. The summed E-state index contributed by atoms with van der Waals surface area (Å²) in [6.45, 7) is 0. The van der Waals surface area contributed by atoms with Crippen LogP contribution in [0.4, 0.5) is 10.1 Å². The second-order valence-electron chi connectivity index (χ2n) is 3.82. The Morgan fingerprint density at radius 1 is 1.21 bits per heavy atom. The molecule has 6 heteroatoms. The van der Waals surface area contributed by atoms with Crippen LogP contribution >= 0.6 is 11.3 Å². The van der Waals surface area contributed by atoms with Gasteiger partial charge >= 0.3 is 0 Å². The summed E-state index contributed by atoms with van der Waals surface area (Å²) < 4.78 is 13.7. The van der Waals surface area contributed by atoms with Gasteiger partial charge in [0.2, 0.25) is 0 Å². The number of nitrogens with zero attached hydrogens (tertiary/aromatic N) is 2. The molecule has 1 N–H and O–H groups in total. The third-order valence-electron chi connectivity index (χ3n) is 2.48. The number of amides is 1. The van der Waals surface area contributed by atoms with Crippen LogP contribution in [0.3, 0.4) is 0 Å². The number of thiazole rings is 1. The SMILES string of the molecule is O=C(Nc1ccncc1)c1nc2ccc(F)cc2s1. The average molecular weight is 273 g/mol. The zero-order chi connectivity index (χ0) is 13.2. The summed E-state index contributed by atoms with van der Waals surface area (Å²) in [5.41, 5.74) is 1.26. The first-order valence-electron chi connectivity index (χ1n) is 5.50. The molecule has 0 radical (unpaired) electrons. The van der Waals surface area contributed by atoms with E-state index < -0.39 is 0 Å². The molecule has 0 atom stereocenters. The van der Waals surface area contributed by atoms with Gasteiger partial charge in [0.1, 0.15) is 5.82 Å². The van der Waals surface area contributed by atoms with E-state index in [9.17, 15) is 9.18 Å². The van der Waals surface area contributed by atoms with Crippen molar-refractivity contribution in [3.05, 3.63) is 53.6 Å². The van der Waals surface area contributed by atoms with Crippen LogP contribution in [-0.2, 0) is 0 Å². The van der Waals surface area contributed by atoms with Crippen molar-refractivity contribution < 1.29 is 9.18 Å². The normalized spacial score (nSPS) is 10.6. The van der Waals surface area contributed by atoms with Crippen molar-refractivity contribution in [2.75, 3.05) is 5.32 Å². The fourth-order valence-electron chi connectivity index (χ4n) is 1.62. The van der Waals surface area contributed by atoms with E-state index in [-0.39, 0.29) is 11.7 Å². The lowest BCUT2D eigenvalue weighted by Crippen LogP contribution is -2.11. The van der Waals surface area contributed by atoms with Crippen molar-refractivity contribution in [2.24, 2.45) is 0 Å². The number of carbonyl (C=O) groups is 1. The molecule has 3 rings (SSSR count). The highest BCUT2D eigenvalue weighted by atomic mass is 32.1. The molecular weight excluding hydrogens is 265 g/mol. The van der Waals surface area contributed by atoms with Crippen LogP contribution in [0.15, 0.2) is 42.7 Å². The number of halogens is 1. The Labute approximate surface area is 111 Å². The molecule has 3 aromatic rings. The summed E-state index contributed by atoms with van der Waals surface area (Å²) in [6, 6.07) is 7.63. The maximum Gasteiger partial charge on any atom is 0.284 e. The minimum Gasteiger partial charge on any atom is -0.320 e. The van der Waals surface area contributed by atoms with Gasteiger partial charge in [0.05, 0.1) is 10.2 Å². The van der Waals surface area contributed by atoms with Gasteiger partial charge in [0, 0.05) is 18.1 Å². The van der Waals surface area contributed by atoms with E-state index in [0.29, 0.717) is 20.9 Å². The summed E-state index contributed by atoms with van der Waals surface area (Å²) in [5.74, 6) is -0.648. The summed E-state index contributed by atoms with van der Waals surface area (Å²) in [6.07, 6.45) is 3.17. The van der Waals surface area contributed by atoms with E-state index in [0.717, 1.165) is 11.3 Å².